The van der Waals surface area contributed by atoms with Gasteiger partial charge >= 0.3 is 0 Å². The average molecular weight is 303 g/mol. The third-order valence-electron chi connectivity index (χ3n) is 3.30. The lowest BCUT2D eigenvalue weighted by atomic mass is 10.2. The molecule has 112 valence electrons. The molecule has 0 spiro atoms. The first-order valence-corrected chi connectivity index (χ1v) is 6.96. The van der Waals surface area contributed by atoms with Crippen molar-refractivity contribution < 1.29 is 4.79 Å². The van der Waals surface area contributed by atoms with Crippen molar-refractivity contribution in [3.63, 3.8) is 0 Å². The summed E-state index contributed by atoms with van der Waals surface area (Å²) in [6, 6.07) is 16.4. The molecule has 0 atom stereocenters. The number of amides is 1. The lowest BCUT2D eigenvalue weighted by Crippen LogP contribution is -2.12. The molecule has 0 aliphatic carbocycles. The minimum absolute atomic E-state index is 0.218. The highest BCUT2D eigenvalue weighted by atomic mass is 16.2. The Bertz CT molecular complexity index is 873. The molecule has 6 nitrogen and oxygen atoms in total. The van der Waals surface area contributed by atoms with Crippen molar-refractivity contribution in [1.82, 2.24) is 15.0 Å². The van der Waals surface area contributed by atoms with E-state index in [2.05, 4.69) is 15.6 Å². The number of carbonyl (C=O) groups excluding carboxylic acids is 1. The van der Waals surface area contributed by atoms with E-state index in [0.717, 1.165) is 11.3 Å². The molecule has 3 aromatic rings. The second-order valence-corrected chi connectivity index (χ2v) is 5.03. The molecule has 1 heterocycles. The van der Waals surface area contributed by atoms with Gasteiger partial charge in [-0.1, -0.05) is 22.9 Å². The fourth-order valence-corrected chi connectivity index (χ4v) is 2.01. The maximum atomic E-state index is 12.2. The fraction of sp³-hybridized carbons (Fsp3) is 0.0588. The van der Waals surface area contributed by atoms with Crippen LogP contribution in [0.3, 0.4) is 0 Å². The van der Waals surface area contributed by atoms with Crippen LogP contribution in [0, 0.1) is 18.3 Å². The zero-order chi connectivity index (χ0) is 16.2. The first-order chi connectivity index (χ1) is 11.2. The van der Waals surface area contributed by atoms with Crippen LogP contribution in [0.25, 0.3) is 5.69 Å². The number of hydrogen-bond donors (Lipinski definition) is 1. The number of aryl methyl sites for hydroxylation is 1. The Morgan fingerprint density at radius 2 is 1.83 bits per heavy atom. The maximum Gasteiger partial charge on any atom is 0.277 e. The molecule has 0 saturated heterocycles. The summed E-state index contributed by atoms with van der Waals surface area (Å²) in [7, 11) is 0. The van der Waals surface area contributed by atoms with Crippen molar-refractivity contribution in [1.29, 1.82) is 5.26 Å². The lowest BCUT2D eigenvalue weighted by Gasteiger charge is -2.02. The van der Waals surface area contributed by atoms with Crippen LogP contribution >= 0.6 is 0 Å². The Hall–Kier alpha value is -3.46. The predicted octanol–water partition coefficient (Wildman–Crippen LogP) is 2.70. The molecule has 23 heavy (non-hydrogen) atoms. The number of anilines is 1. The van der Waals surface area contributed by atoms with E-state index in [1.807, 2.05) is 37.3 Å². The molecule has 6 heteroatoms. The molecule has 0 radical (unpaired) electrons. The number of nitrogens with zero attached hydrogens (tertiary/aromatic N) is 4. The lowest BCUT2D eigenvalue weighted by molar-refractivity contribution is 0.102. The van der Waals surface area contributed by atoms with Crippen molar-refractivity contribution in [2.24, 2.45) is 0 Å². The van der Waals surface area contributed by atoms with Gasteiger partial charge in [-0.2, -0.15) is 5.26 Å². The van der Waals surface area contributed by atoms with Crippen molar-refractivity contribution in [3.05, 3.63) is 71.5 Å². The monoisotopic (exact) mass is 303 g/mol. The topological polar surface area (TPSA) is 83.6 Å². The molecular weight excluding hydrogens is 290 g/mol. The smallest absolute Gasteiger partial charge is 0.277 e. The maximum absolute atomic E-state index is 12.2. The number of hydrogen-bond acceptors (Lipinski definition) is 4. The zero-order valence-electron chi connectivity index (χ0n) is 12.4. The molecule has 1 amide bonds. The largest absolute Gasteiger partial charge is 0.321 e. The first-order valence-electron chi connectivity index (χ1n) is 6.96. The average Bonchev–Trinajstić information content (AvgIpc) is 3.06. The Morgan fingerprint density at radius 3 is 2.48 bits per heavy atom. The van der Waals surface area contributed by atoms with E-state index in [9.17, 15) is 4.79 Å². The van der Waals surface area contributed by atoms with E-state index < -0.39 is 0 Å². The van der Waals surface area contributed by atoms with Gasteiger partial charge in [0.1, 0.15) is 0 Å². The molecule has 2 aromatic carbocycles. The molecule has 0 aliphatic rings. The minimum Gasteiger partial charge on any atom is -0.321 e. The second-order valence-electron chi connectivity index (χ2n) is 5.03. The fourth-order valence-electron chi connectivity index (χ4n) is 2.01. The number of aromatic nitrogens is 3. The first kappa shape index (κ1) is 14.5. The number of benzene rings is 2. The van der Waals surface area contributed by atoms with Crippen molar-refractivity contribution in [2.75, 3.05) is 5.32 Å². The van der Waals surface area contributed by atoms with E-state index in [-0.39, 0.29) is 11.6 Å². The second kappa shape index (κ2) is 6.12. The van der Waals surface area contributed by atoms with Gasteiger partial charge in [0.15, 0.2) is 5.69 Å². The van der Waals surface area contributed by atoms with E-state index in [1.165, 1.54) is 0 Å². The summed E-state index contributed by atoms with van der Waals surface area (Å²) in [5.41, 5.74) is 3.33. The van der Waals surface area contributed by atoms with Gasteiger partial charge in [-0.3, -0.25) is 4.79 Å². The molecule has 0 unspecified atom stereocenters. The zero-order valence-corrected chi connectivity index (χ0v) is 12.4. The number of nitrogens with one attached hydrogen (secondary N) is 1. The summed E-state index contributed by atoms with van der Waals surface area (Å²) in [6.07, 6.45) is 1.57. The summed E-state index contributed by atoms with van der Waals surface area (Å²) < 4.78 is 1.55. The molecule has 1 N–H and O–H groups in total. The van der Waals surface area contributed by atoms with Gasteiger partial charge < -0.3 is 5.32 Å². The molecule has 3 rings (SSSR count). The third kappa shape index (κ3) is 3.24. The van der Waals surface area contributed by atoms with Crippen LogP contribution in [0.1, 0.15) is 21.6 Å². The summed E-state index contributed by atoms with van der Waals surface area (Å²) in [4.78, 5) is 12.2. The quantitative estimate of drug-likeness (QED) is 0.806. The van der Waals surface area contributed by atoms with Gasteiger partial charge in [0.05, 0.1) is 23.5 Å². The van der Waals surface area contributed by atoms with Crippen molar-refractivity contribution in [2.45, 2.75) is 6.92 Å². The summed E-state index contributed by atoms with van der Waals surface area (Å²) >= 11 is 0. The van der Waals surface area contributed by atoms with Crippen LogP contribution in [0.15, 0.2) is 54.7 Å². The molecule has 1 aromatic heterocycles. The van der Waals surface area contributed by atoms with Crippen molar-refractivity contribution >= 4 is 11.6 Å². The van der Waals surface area contributed by atoms with Gasteiger partial charge in [0, 0.05) is 5.69 Å². The highest BCUT2D eigenvalue weighted by Gasteiger charge is 2.11. The van der Waals surface area contributed by atoms with Crippen LogP contribution < -0.4 is 5.32 Å². The van der Waals surface area contributed by atoms with Gasteiger partial charge in [-0.25, -0.2) is 4.68 Å². The highest BCUT2D eigenvalue weighted by Crippen LogP contribution is 2.12. The molecule has 0 fully saturated rings. The normalized spacial score (nSPS) is 10.1. The van der Waals surface area contributed by atoms with Gasteiger partial charge in [-0.05, 0) is 43.3 Å². The SMILES string of the molecule is Cc1ccc(-n2cc(C(=O)Nc3ccc(C#N)cc3)nn2)cc1. The summed E-state index contributed by atoms with van der Waals surface area (Å²) in [5.74, 6) is -0.354. The molecule has 0 aliphatic heterocycles. The Kier molecular flexibility index (Phi) is 3.85. The van der Waals surface area contributed by atoms with Crippen LogP contribution in [-0.4, -0.2) is 20.9 Å². The molecular formula is C17H13N5O. The Balaban J connectivity index is 1.75. The van der Waals surface area contributed by atoms with E-state index >= 15 is 0 Å². The van der Waals surface area contributed by atoms with E-state index in [4.69, 9.17) is 5.26 Å². The van der Waals surface area contributed by atoms with Gasteiger partial charge in [-0.15, -0.1) is 5.10 Å². The summed E-state index contributed by atoms with van der Waals surface area (Å²) in [5, 5.41) is 19.3. The van der Waals surface area contributed by atoms with Crippen LogP contribution in [-0.2, 0) is 0 Å². The van der Waals surface area contributed by atoms with Crippen molar-refractivity contribution in [3.8, 4) is 11.8 Å². The third-order valence-corrected chi connectivity index (χ3v) is 3.30. The predicted molar refractivity (Wildman–Crippen MR) is 85.2 cm³/mol. The number of carbonyl (C=O) groups is 1. The standard InChI is InChI=1S/C17H13N5O/c1-12-2-8-15(9-3-12)22-11-16(20-21-22)17(23)19-14-6-4-13(10-18)5-7-14/h2-9,11H,1H3,(H,19,23). The van der Waals surface area contributed by atoms with E-state index in [0.29, 0.717) is 11.3 Å². The number of rotatable bonds is 3. The van der Waals surface area contributed by atoms with Crippen LogP contribution in [0.2, 0.25) is 0 Å². The highest BCUT2D eigenvalue weighted by molar-refractivity contribution is 6.02. The molecule has 0 saturated carbocycles. The minimum atomic E-state index is -0.354. The van der Waals surface area contributed by atoms with Gasteiger partial charge in [0.25, 0.3) is 5.91 Å². The van der Waals surface area contributed by atoms with E-state index in [1.54, 1.807) is 35.1 Å². The van der Waals surface area contributed by atoms with Crippen LogP contribution in [0.4, 0.5) is 5.69 Å². The number of nitriles is 1. The summed E-state index contributed by atoms with van der Waals surface area (Å²) in [6.45, 7) is 2.00. The Labute approximate surface area is 133 Å². The van der Waals surface area contributed by atoms with Gasteiger partial charge in [0.2, 0.25) is 0 Å². The Morgan fingerprint density at radius 1 is 1.13 bits per heavy atom. The van der Waals surface area contributed by atoms with Crippen LogP contribution in [0.5, 0.6) is 0 Å². The molecule has 0 bridgehead atoms.